The first-order valence-corrected chi connectivity index (χ1v) is 9.02. The molecule has 0 aliphatic heterocycles. The maximum absolute atomic E-state index is 5.47. The summed E-state index contributed by atoms with van der Waals surface area (Å²) in [6.45, 7) is 0. The van der Waals surface area contributed by atoms with E-state index in [1.54, 1.807) is 18.4 Å². The summed E-state index contributed by atoms with van der Waals surface area (Å²) in [7, 11) is 1.70. The first-order chi connectivity index (χ1) is 10.2. The van der Waals surface area contributed by atoms with Crippen LogP contribution in [0.4, 0.5) is 0 Å². The van der Waals surface area contributed by atoms with Crippen LogP contribution in [0.5, 0.6) is 5.75 Å². The highest BCUT2D eigenvalue weighted by Gasteiger charge is 2.16. The summed E-state index contributed by atoms with van der Waals surface area (Å²) in [5, 5.41) is 1.13. The van der Waals surface area contributed by atoms with Crippen molar-refractivity contribution >= 4 is 53.4 Å². The molecule has 0 radical (unpaired) electrons. The van der Waals surface area contributed by atoms with Crippen molar-refractivity contribution in [1.29, 1.82) is 0 Å². The molecule has 108 valence electrons. The average molecular weight is 427 g/mol. The van der Waals surface area contributed by atoms with E-state index in [2.05, 4.69) is 55.0 Å². The highest BCUT2D eigenvalue weighted by Crippen LogP contribution is 2.36. The van der Waals surface area contributed by atoms with E-state index in [0.717, 1.165) is 32.7 Å². The zero-order chi connectivity index (χ0) is 14.8. The zero-order valence-electron chi connectivity index (χ0n) is 11.3. The quantitative estimate of drug-likeness (QED) is 0.495. The van der Waals surface area contributed by atoms with Gasteiger partial charge in [-0.2, -0.15) is 0 Å². The molecule has 1 unspecified atom stereocenters. The van der Waals surface area contributed by atoms with Gasteiger partial charge in [-0.25, -0.2) is 4.98 Å². The number of para-hydroxylation sites is 1. The Labute approximate surface area is 144 Å². The third kappa shape index (κ3) is 3.30. The van der Waals surface area contributed by atoms with Crippen LogP contribution in [0.2, 0.25) is 0 Å². The zero-order valence-corrected chi connectivity index (χ0v) is 15.3. The van der Waals surface area contributed by atoms with Gasteiger partial charge in [-0.05, 0) is 24.3 Å². The van der Waals surface area contributed by atoms with Crippen molar-refractivity contribution in [2.75, 3.05) is 7.11 Å². The van der Waals surface area contributed by atoms with Crippen molar-refractivity contribution in [3.8, 4) is 5.75 Å². The minimum absolute atomic E-state index is 0.182. The molecule has 1 heterocycles. The van der Waals surface area contributed by atoms with E-state index in [4.69, 9.17) is 4.74 Å². The molecular weight excluding hydrogens is 414 g/mol. The number of thiazole rings is 1. The predicted molar refractivity (Wildman–Crippen MR) is 95.7 cm³/mol. The molecule has 0 fully saturated rings. The van der Waals surface area contributed by atoms with Gasteiger partial charge in [0.25, 0.3) is 0 Å². The standard InChI is InChI=1S/C16H13Br2NOS/c1-20-14-8-10(17)6-7-11(14)12(18)9-16-19-13-4-2-3-5-15(13)21-16/h2-8,12H,9H2,1H3. The molecule has 0 saturated carbocycles. The van der Waals surface area contributed by atoms with Gasteiger partial charge in [0.05, 0.1) is 22.3 Å². The lowest BCUT2D eigenvalue weighted by molar-refractivity contribution is 0.409. The normalized spacial score (nSPS) is 12.5. The molecule has 1 aromatic heterocycles. The second kappa shape index (κ2) is 6.46. The molecule has 0 bridgehead atoms. The number of ether oxygens (including phenoxy) is 1. The van der Waals surface area contributed by atoms with Gasteiger partial charge in [0.15, 0.2) is 0 Å². The smallest absolute Gasteiger partial charge is 0.124 e. The van der Waals surface area contributed by atoms with E-state index >= 15 is 0 Å². The highest BCUT2D eigenvalue weighted by atomic mass is 79.9. The second-order valence-electron chi connectivity index (χ2n) is 4.63. The maximum atomic E-state index is 5.47. The molecule has 0 aliphatic carbocycles. The summed E-state index contributed by atoms with van der Waals surface area (Å²) in [5.74, 6) is 0.882. The molecular formula is C16H13Br2NOS. The number of halogens is 2. The molecule has 0 amide bonds. The first-order valence-electron chi connectivity index (χ1n) is 6.49. The number of hydrogen-bond acceptors (Lipinski definition) is 3. The Kier molecular flexibility index (Phi) is 4.62. The molecule has 0 saturated heterocycles. The first kappa shape index (κ1) is 15.0. The summed E-state index contributed by atoms with van der Waals surface area (Å²) < 4.78 is 7.71. The van der Waals surface area contributed by atoms with Crippen LogP contribution in [0.3, 0.4) is 0 Å². The van der Waals surface area contributed by atoms with Crippen LogP contribution < -0.4 is 4.74 Å². The molecule has 3 rings (SSSR count). The number of alkyl halides is 1. The Morgan fingerprint density at radius 2 is 2.05 bits per heavy atom. The fourth-order valence-corrected chi connectivity index (χ4v) is 4.47. The van der Waals surface area contributed by atoms with Gasteiger partial charge in [0.2, 0.25) is 0 Å². The maximum Gasteiger partial charge on any atom is 0.124 e. The number of methoxy groups -OCH3 is 1. The minimum Gasteiger partial charge on any atom is -0.496 e. The Morgan fingerprint density at radius 3 is 2.81 bits per heavy atom. The van der Waals surface area contributed by atoms with Crippen molar-refractivity contribution in [3.05, 3.63) is 57.5 Å². The summed E-state index contributed by atoms with van der Waals surface area (Å²) in [6, 6.07) is 14.3. The Bertz CT molecular complexity index is 739. The number of rotatable bonds is 4. The third-order valence-corrected chi connectivity index (χ3v) is 5.59. The monoisotopic (exact) mass is 425 g/mol. The number of fused-ring (bicyclic) bond motifs is 1. The SMILES string of the molecule is COc1cc(Br)ccc1C(Br)Cc1nc2ccccc2s1. The van der Waals surface area contributed by atoms with Crippen LogP contribution in [0, 0.1) is 0 Å². The Balaban J connectivity index is 1.87. The van der Waals surface area contributed by atoms with Gasteiger partial charge in [-0.15, -0.1) is 11.3 Å². The topological polar surface area (TPSA) is 22.1 Å². The van der Waals surface area contributed by atoms with Gasteiger partial charge in [0.1, 0.15) is 5.75 Å². The van der Waals surface area contributed by atoms with Crippen molar-refractivity contribution in [2.24, 2.45) is 0 Å². The summed E-state index contributed by atoms with van der Waals surface area (Å²) in [4.78, 5) is 4.87. The molecule has 5 heteroatoms. The van der Waals surface area contributed by atoms with E-state index in [-0.39, 0.29) is 4.83 Å². The lowest BCUT2D eigenvalue weighted by Gasteiger charge is -2.13. The van der Waals surface area contributed by atoms with Crippen LogP contribution in [0.15, 0.2) is 46.9 Å². The summed E-state index contributed by atoms with van der Waals surface area (Å²) in [5.41, 5.74) is 2.21. The van der Waals surface area contributed by atoms with Crippen LogP contribution in [-0.4, -0.2) is 12.1 Å². The Hall–Kier alpha value is -0.910. The highest BCUT2D eigenvalue weighted by molar-refractivity contribution is 9.10. The number of aromatic nitrogens is 1. The summed E-state index contributed by atoms with van der Waals surface area (Å²) >= 11 is 8.98. The van der Waals surface area contributed by atoms with Crippen molar-refractivity contribution in [1.82, 2.24) is 4.98 Å². The lowest BCUT2D eigenvalue weighted by Crippen LogP contribution is -1.98. The molecule has 0 spiro atoms. The van der Waals surface area contributed by atoms with Crippen LogP contribution in [0.1, 0.15) is 15.4 Å². The van der Waals surface area contributed by atoms with Crippen LogP contribution in [0.25, 0.3) is 10.2 Å². The molecule has 21 heavy (non-hydrogen) atoms. The van der Waals surface area contributed by atoms with Crippen LogP contribution >= 0.6 is 43.2 Å². The molecule has 3 aromatic rings. The fraction of sp³-hybridized carbons (Fsp3) is 0.188. The molecule has 0 N–H and O–H groups in total. The van der Waals surface area contributed by atoms with Gasteiger partial charge < -0.3 is 4.74 Å². The lowest BCUT2D eigenvalue weighted by atomic mass is 10.1. The summed E-state index contributed by atoms with van der Waals surface area (Å²) in [6.07, 6.45) is 0.845. The minimum atomic E-state index is 0.182. The van der Waals surface area contributed by atoms with Crippen molar-refractivity contribution < 1.29 is 4.74 Å². The van der Waals surface area contributed by atoms with Gasteiger partial charge >= 0.3 is 0 Å². The number of hydrogen-bond donors (Lipinski definition) is 0. The Morgan fingerprint density at radius 1 is 1.24 bits per heavy atom. The molecule has 2 nitrogen and oxygen atoms in total. The number of nitrogens with zero attached hydrogens (tertiary/aromatic N) is 1. The third-order valence-electron chi connectivity index (χ3n) is 3.22. The second-order valence-corrected chi connectivity index (χ2v) is 7.77. The van der Waals surface area contributed by atoms with Crippen molar-refractivity contribution in [2.45, 2.75) is 11.2 Å². The van der Waals surface area contributed by atoms with Gasteiger partial charge in [-0.3, -0.25) is 0 Å². The average Bonchev–Trinajstić information content (AvgIpc) is 2.88. The van der Waals surface area contributed by atoms with E-state index in [9.17, 15) is 0 Å². The number of benzene rings is 2. The largest absolute Gasteiger partial charge is 0.496 e. The van der Waals surface area contributed by atoms with E-state index in [1.807, 2.05) is 24.3 Å². The van der Waals surface area contributed by atoms with Crippen molar-refractivity contribution in [3.63, 3.8) is 0 Å². The van der Waals surface area contributed by atoms with E-state index in [0.29, 0.717) is 0 Å². The van der Waals surface area contributed by atoms with E-state index < -0.39 is 0 Å². The van der Waals surface area contributed by atoms with Gasteiger partial charge in [0, 0.05) is 21.3 Å². The molecule has 0 aliphatic rings. The fourth-order valence-electron chi connectivity index (χ4n) is 2.21. The molecule has 2 aromatic carbocycles. The van der Waals surface area contributed by atoms with Crippen LogP contribution in [-0.2, 0) is 6.42 Å². The van der Waals surface area contributed by atoms with Gasteiger partial charge in [-0.1, -0.05) is 50.1 Å². The predicted octanol–water partition coefficient (Wildman–Crippen LogP) is 5.75. The van der Waals surface area contributed by atoms with E-state index in [1.165, 1.54) is 4.70 Å². The molecule has 1 atom stereocenters.